The number of ether oxygens (including phenoxy) is 1. The first-order valence-electron chi connectivity index (χ1n) is 7.12. The van der Waals surface area contributed by atoms with E-state index in [0.717, 1.165) is 25.5 Å². The van der Waals surface area contributed by atoms with Crippen LogP contribution in [-0.4, -0.2) is 23.6 Å². The van der Waals surface area contributed by atoms with Crippen LogP contribution in [0.1, 0.15) is 43.9 Å². The van der Waals surface area contributed by atoms with Crippen molar-refractivity contribution >= 4 is 0 Å². The van der Waals surface area contributed by atoms with Crippen molar-refractivity contribution in [3.63, 3.8) is 0 Å². The Morgan fingerprint density at radius 1 is 1.29 bits per heavy atom. The first-order chi connectivity index (χ1) is 9.79. The van der Waals surface area contributed by atoms with Crippen LogP contribution in [0.15, 0.2) is 12.1 Å². The number of piperidine rings is 1. The molecule has 2 atom stereocenters. The molecule has 0 saturated carbocycles. The first-order valence-corrected chi connectivity index (χ1v) is 7.12. The maximum absolute atomic E-state index is 14.3. The summed E-state index contributed by atoms with van der Waals surface area (Å²) in [5.74, 6) is -0.773. The van der Waals surface area contributed by atoms with Crippen LogP contribution < -0.4 is 4.74 Å². The van der Waals surface area contributed by atoms with Crippen molar-refractivity contribution in [3.05, 3.63) is 29.1 Å². The van der Waals surface area contributed by atoms with E-state index in [9.17, 15) is 17.6 Å². The second-order valence-electron chi connectivity index (χ2n) is 5.94. The zero-order chi connectivity index (χ0) is 15.4. The zero-order valence-electron chi connectivity index (χ0n) is 11.9. The maximum Gasteiger partial charge on any atom is 0.416 e. The number of benzene rings is 1. The van der Waals surface area contributed by atoms with Gasteiger partial charge in [-0.3, -0.25) is 4.90 Å². The smallest absolute Gasteiger partial charge is 0.416 e. The van der Waals surface area contributed by atoms with Crippen molar-refractivity contribution in [2.45, 2.75) is 51.1 Å². The Balaban J connectivity index is 2.06. The molecule has 2 heterocycles. The van der Waals surface area contributed by atoms with Gasteiger partial charge in [-0.15, -0.1) is 0 Å². The summed E-state index contributed by atoms with van der Waals surface area (Å²) in [6, 6.07) is 1.41. The molecule has 1 aromatic rings. The van der Waals surface area contributed by atoms with E-state index in [1.807, 2.05) is 13.8 Å². The SMILES string of the molecule is CC(C)N1CCCC2Oc3cc(C(F)(F)F)cc(F)c3C21. The number of hydrogen-bond acceptors (Lipinski definition) is 2. The summed E-state index contributed by atoms with van der Waals surface area (Å²) in [6.07, 6.45) is -3.18. The Morgan fingerprint density at radius 2 is 2.00 bits per heavy atom. The molecular weight excluding hydrogens is 286 g/mol. The predicted octanol–water partition coefficient (Wildman–Crippen LogP) is 4.15. The topological polar surface area (TPSA) is 12.5 Å². The van der Waals surface area contributed by atoms with Crippen molar-refractivity contribution < 1.29 is 22.3 Å². The van der Waals surface area contributed by atoms with Gasteiger partial charge in [0.05, 0.1) is 17.2 Å². The molecule has 0 N–H and O–H groups in total. The Kier molecular flexibility index (Phi) is 3.39. The largest absolute Gasteiger partial charge is 0.488 e. The normalized spacial score (nSPS) is 25.7. The van der Waals surface area contributed by atoms with Crippen LogP contribution >= 0.6 is 0 Å². The van der Waals surface area contributed by atoms with E-state index >= 15 is 0 Å². The first kappa shape index (κ1) is 14.6. The van der Waals surface area contributed by atoms with Crippen molar-refractivity contribution in [1.82, 2.24) is 4.90 Å². The van der Waals surface area contributed by atoms with Crippen LogP contribution in [0.5, 0.6) is 5.75 Å². The quantitative estimate of drug-likeness (QED) is 0.723. The third kappa shape index (κ3) is 2.39. The van der Waals surface area contributed by atoms with Crippen LogP contribution in [-0.2, 0) is 6.18 Å². The number of halogens is 4. The van der Waals surface area contributed by atoms with Crippen molar-refractivity contribution in [3.8, 4) is 5.75 Å². The molecule has 0 aliphatic carbocycles. The van der Waals surface area contributed by atoms with Crippen LogP contribution in [0.4, 0.5) is 17.6 Å². The number of fused-ring (bicyclic) bond motifs is 3. The number of rotatable bonds is 1. The van der Waals surface area contributed by atoms with E-state index < -0.39 is 17.6 Å². The van der Waals surface area contributed by atoms with E-state index in [2.05, 4.69) is 4.90 Å². The number of nitrogens with zero attached hydrogens (tertiary/aromatic N) is 1. The van der Waals surface area contributed by atoms with Crippen molar-refractivity contribution in [1.29, 1.82) is 0 Å². The minimum absolute atomic E-state index is 0.0462. The van der Waals surface area contributed by atoms with Crippen molar-refractivity contribution in [2.75, 3.05) is 6.54 Å². The Hall–Kier alpha value is -1.30. The van der Waals surface area contributed by atoms with Crippen LogP contribution in [0, 0.1) is 5.82 Å². The molecule has 1 saturated heterocycles. The molecule has 3 rings (SSSR count). The second kappa shape index (κ2) is 4.87. The molecule has 21 heavy (non-hydrogen) atoms. The molecule has 0 radical (unpaired) electrons. The van der Waals surface area contributed by atoms with E-state index in [1.54, 1.807) is 0 Å². The van der Waals surface area contributed by atoms with Gasteiger partial charge in [0.1, 0.15) is 17.7 Å². The lowest BCUT2D eigenvalue weighted by Gasteiger charge is -2.39. The van der Waals surface area contributed by atoms with Gasteiger partial charge in [-0.2, -0.15) is 13.2 Å². The molecule has 1 aromatic carbocycles. The Morgan fingerprint density at radius 3 is 2.62 bits per heavy atom. The van der Waals surface area contributed by atoms with E-state index in [-0.39, 0.29) is 29.5 Å². The molecule has 2 aliphatic heterocycles. The lowest BCUT2D eigenvalue weighted by Crippen LogP contribution is -2.44. The molecule has 1 fully saturated rings. The third-order valence-electron chi connectivity index (χ3n) is 4.27. The number of hydrogen-bond donors (Lipinski definition) is 0. The summed E-state index contributed by atoms with van der Waals surface area (Å²) >= 11 is 0. The fourth-order valence-electron chi connectivity index (χ4n) is 3.34. The fraction of sp³-hybridized carbons (Fsp3) is 0.600. The second-order valence-corrected chi connectivity index (χ2v) is 5.94. The van der Waals surface area contributed by atoms with E-state index in [0.29, 0.717) is 6.07 Å². The van der Waals surface area contributed by atoms with Gasteiger partial charge in [0.25, 0.3) is 0 Å². The average molecular weight is 303 g/mol. The minimum Gasteiger partial charge on any atom is -0.488 e. The van der Waals surface area contributed by atoms with E-state index in [4.69, 9.17) is 4.74 Å². The van der Waals surface area contributed by atoms with Gasteiger partial charge in [-0.25, -0.2) is 4.39 Å². The van der Waals surface area contributed by atoms with Gasteiger partial charge < -0.3 is 4.74 Å². The summed E-state index contributed by atoms with van der Waals surface area (Å²) in [6.45, 7) is 4.81. The molecule has 116 valence electrons. The monoisotopic (exact) mass is 303 g/mol. The standard InChI is InChI=1S/C15H17F4NO/c1-8(2)20-5-3-4-11-14(20)13-10(16)6-9(15(17,18)19)7-12(13)21-11/h6-8,11,14H,3-5H2,1-2H3. The molecule has 2 unspecified atom stereocenters. The Labute approximate surface area is 120 Å². The third-order valence-corrected chi connectivity index (χ3v) is 4.27. The lowest BCUT2D eigenvalue weighted by molar-refractivity contribution is -0.137. The zero-order valence-corrected chi connectivity index (χ0v) is 11.9. The molecule has 0 aromatic heterocycles. The van der Waals surface area contributed by atoms with Crippen molar-refractivity contribution in [2.24, 2.45) is 0 Å². The summed E-state index contributed by atoms with van der Waals surface area (Å²) in [5, 5.41) is 0. The summed E-state index contributed by atoms with van der Waals surface area (Å²) in [7, 11) is 0. The highest BCUT2D eigenvalue weighted by atomic mass is 19.4. The molecule has 0 spiro atoms. The Bertz CT molecular complexity index is 555. The molecule has 0 amide bonds. The van der Waals surface area contributed by atoms with E-state index in [1.165, 1.54) is 0 Å². The minimum atomic E-state index is -4.56. The van der Waals surface area contributed by atoms with Gasteiger partial charge in [-0.05, 0) is 45.4 Å². The predicted molar refractivity (Wildman–Crippen MR) is 69.6 cm³/mol. The maximum atomic E-state index is 14.3. The molecule has 6 heteroatoms. The van der Waals surface area contributed by atoms with Gasteiger partial charge in [0, 0.05) is 6.04 Å². The highest BCUT2D eigenvalue weighted by Crippen LogP contribution is 2.48. The van der Waals surface area contributed by atoms with Gasteiger partial charge in [0.2, 0.25) is 0 Å². The summed E-state index contributed by atoms with van der Waals surface area (Å²) in [5.41, 5.74) is -0.713. The van der Waals surface area contributed by atoms with Gasteiger partial charge in [0.15, 0.2) is 0 Å². The number of likely N-dealkylation sites (tertiary alicyclic amines) is 1. The summed E-state index contributed by atoms with van der Waals surface area (Å²) < 4.78 is 58.2. The highest BCUT2D eigenvalue weighted by molar-refractivity contribution is 5.46. The molecule has 2 aliphatic rings. The average Bonchev–Trinajstić information content (AvgIpc) is 2.75. The fourth-order valence-corrected chi connectivity index (χ4v) is 3.34. The molecule has 0 bridgehead atoms. The van der Waals surface area contributed by atoms with Crippen LogP contribution in [0.3, 0.4) is 0 Å². The lowest BCUT2D eigenvalue weighted by atomic mass is 9.92. The van der Waals surface area contributed by atoms with Gasteiger partial charge in [-0.1, -0.05) is 0 Å². The number of alkyl halides is 3. The molecule has 2 nitrogen and oxygen atoms in total. The molecular formula is C15H17F4NO. The summed E-state index contributed by atoms with van der Waals surface area (Å²) in [4.78, 5) is 2.11. The van der Waals surface area contributed by atoms with Crippen LogP contribution in [0.2, 0.25) is 0 Å². The van der Waals surface area contributed by atoms with Gasteiger partial charge >= 0.3 is 6.18 Å². The van der Waals surface area contributed by atoms with Crippen LogP contribution in [0.25, 0.3) is 0 Å². The highest BCUT2D eigenvalue weighted by Gasteiger charge is 2.45.